The van der Waals surface area contributed by atoms with Crippen molar-refractivity contribution in [2.24, 2.45) is 0 Å². The van der Waals surface area contributed by atoms with Crippen molar-refractivity contribution in [3.05, 3.63) is 42.0 Å². The summed E-state index contributed by atoms with van der Waals surface area (Å²) in [4.78, 5) is 19.7. The number of rotatable bonds is 1. The number of aromatic nitrogens is 2. The molecule has 2 N–H and O–H groups in total. The lowest BCUT2D eigenvalue weighted by atomic mass is 10.1. The molecule has 1 unspecified atom stereocenters. The summed E-state index contributed by atoms with van der Waals surface area (Å²) in [7, 11) is 0. The van der Waals surface area contributed by atoms with Crippen LogP contribution in [0.25, 0.3) is 17.0 Å². The van der Waals surface area contributed by atoms with Gasteiger partial charge in [-0.15, -0.1) is 12.6 Å². The Morgan fingerprint density at radius 3 is 3.00 bits per heavy atom. The molecular formula is C12H10N4OS. The average molecular weight is 258 g/mol. The summed E-state index contributed by atoms with van der Waals surface area (Å²) in [5, 5.41) is 6.52. The highest BCUT2D eigenvalue weighted by atomic mass is 32.1. The van der Waals surface area contributed by atoms with Crippen molar-refractivity contribution in [3.8, 4) is 0 Å². The molecule has 0 aliphatic carbocycles. The van der Waals surface area contributed by atoms with Crippen LogP contribution in [-0.2, 0) is 4.79 Å². The van der Waals surface area contributed by atoms with Crippen molar-refractivity contribution in [2.75, 3.05) is 0 Å². The van der Waals surface area contributed by atoms with Gasteiger partial charge in [0, 0.05) is 11.6 Å². The molecule has 1 saturated heterocycles. The molecule has 1 aromatic carbocycles. The second-order valence-corrected chi connectivity index (χ2v) is 4.44. The zero-order valence-electron chi connectivity index (χ0n) is 9.29. The first-order valence-corrected chi connectivity index (χ1v) is 5.91. The summed E-state index contributed by atoms with van der Waals surface area (Å²) in [6.45, 7) is 0. The van der Waals surface area contributed by atoms with Crippen molar-refractivity contribution >= 4 is 35.5 Å². The van der Waals surface area contributed by atoms with Crippen LogP contribution in [0, 0.1) is 0 Å². The van der Waals surface area contributed by atoms with Crippen molar-refractivity contribution in [2.45, 2.75) is 5.50 Å². The number of carbonyl (C=O) groups is 1. The van der Waals surface area contributed by atoms with E-state index >= 15 is 0 Å². The van der Waals surface area contributed by atoms with Crippen molar-refractivity contribution in [1.82, 2.24) is 20.6 Å². The van der Waals surface area contributed by atoms with Gasteiger partial charge in [-0.25, -0.2) is 9.97 Å². The predicted octanol–water partition coefficient (Wildman–Crippen LogP) is 0.903. The van der Waals surface area contributed by atoms with E-state index in [-0.39, 0.29) is 11.4 Å². The summed E-state index contributed by atoms with van der Waals surface area (Å²) >= 11 is 4.13. The minimum Gasteiger partial charge on any atom is -0.352 e. The number of benzene rings is 1. The van der Waals surface area contributed by atoms with Crippen LogP contribution < -0.4 is 10.6 Å². The van der Waals surface area contributed by atoms with Crippen molar-refractivity contribution in [1.29, 1.82) is 0 Å². The van der Waals surface area contributed by atoms with Gasteiger partial charge >= 0.3 is 0 Å². The normalized spacial score (nSPS) is 21.1. The molecule has 5 nitrogen and oxygen atoms in total. The Bertz CT molecular complexity index is 655. The van der Waals surface area contributed by atoms with Gasteiger partial charge in [-0.2, -0.15) is 0 Å². The third-order valence-electron chi connectivity index (χ3n) is 2.64. The lowest BCUT2D eigenvalue weighted by Gasteiger charge is -2.01. The number of amides is 1. The molecule has 1 aliphatic heterocycles. The second kappa shape index (κ2) is 4.30. The highest BCUT2D eigenvalue weighted by Crippen LogP contribution is 2.16. The van der Waals surface area contributed by atoms with Crippen LogP contribution in [0.1, 0.15) is 5.56 Å². The Morgan fingerprint density at radius 2 is 2.22 bits per heavy atom. The summed E-state index contributed by atoms with van der Waals surface area (Å²) in [6.07, 6.45) is 5.03. The Labute approximate surface area is 109 Å². The number of hydrogen-bond donors (Lipinski definition) is 3. The van der Waals surface area contributed by atoms with Gasteiger partial charge in [-0.3, -0.25) is 4.79 Å². The smallest absolute Gasteiger partial charge is 0.269 e. The van der Waals surface area contributed by atoms with Gasteiger partial charge in [-0.1, -0.05) is 6.07 Å². The van der Waals surface area contributed by atoms with Gasteiger partial charge in [0.05, 0.1) is 5.52 Å². The van der Waals surface area contributed by atoms with E-state index < -0.39 is 0 Å². The second-order valence-electron chi connectivity index (χ2n) is 3.92. The molecule has 0 spiro atoms. The summed E-state index contributed by atoms with van der Waals surface area (Å²) in [5.74, 6) is -0.153. The van der Waals surface area contributed by atoms with Crippen LogP contribution in [0.3, 0.4) is 0 Å². The number of thiol groups is 1. The van der Waals surface area contributed by atoms with E-state index in [0.717, 1.165) is 16.5 Å². The number of carbonyl (C=O) groups excluding carboxylic acids is 1. The Morgan fingerprint density at radius 1 is 1.33 bits per heavy atom. The lowest BCUT2D eigenvalue weighted by Crippen LogP contribution is -2.25. The molecule has 1 aromatic heterocycles. The van der Waals surface area contributed by atoms with Gasteiger partial charge in [0.1, 0.15) is 17.5 Å². The molecule has 1 amide bonds. The van der Waals surface area contributed by atoms with Crippen molar-refractivity contribution in [3.63, 3.8) is 0 Å². The molecule has 1 fully saturated rings. The molecule has 0 radical (unpaired) electrons. The van der Waals surface area contributed by atoms with E-state index in [9.17, 15) is 4.79 Å². The van der Waals surface area contributed by atoms with Crippen LogP contribution in [0.15, 0.2) is 36.4 Å². The van der Waals surface area contributed by atoms with E-state index in [1.807, 2.05) is 18.2 Å². The fourth-order valence-corrected chi connectivity index (χ4v) is 2.07. The third kappa shape index (κ3) is 2.02. The SMILES string of the molecule is O=C1NC(S)N/C1=C\c1ccc2ncncc2c1. The van der Waals surface area contributed by atoms with Gasteiger partial charge in [0.15, 0.2) is 0 Å². The zero-order chi connectivity index (χ0) is 12.5. The number of nitrogens with zero attached hydrogens (tertiary/aromatic N) is 2. The molecule has 1 atom stereocenters. The van der Waals surface area contributed by atoms with Crippen molar-refractivity contribution < 1.29 is 4.79 Å². The largest absolute Gasteiger partial charge is 0.352 e. The maximum atomic E-state index is 11.5. The number of fused-ring (bicyclic) bond motifs is 1. The van der Waals surface area contributed by atoms with E-state index in [1.54, 1.807) is 12.3 Å². The number of hydrogen-bond acceptors (Lipinski definition) is 5. The van der Waals surface area contributed by atoms with Gasteiger partial charge in [0.2, 0.25) is 0 Å². The van der Waals surface area contributed by atoms with Crippen LogP contribution in [-0.4, -0.2) is 21.4 Å². The van der Waals surface area contributed by atoms with Crippen LogP contribution >= 0.6 is 12.6 Å². The Hall–Kier alpha value is -2.08. The van der Waals surface area contributed by atoms with E-state index in [0.29, 0.717) is 5.70 Å². The van der Waals surface area contributed by atoms with Crippen LogP contribution in [0.5, 0.6) is 0 Å². The van der Waals surface area contributed by atoms with Crippen LogP contribution in [0.4, 0.5) is 0 Å². The molecule has 6 heteroatoms. The fourth-order valence-electron chi connectivity index (χ4n) is 1.82. The quantitative estimate of drug-likeness (QED) is 0.525. The molecule has 2 aromatic rings. The topological polar surface area (TPSA) is 66.9 Å². The molecule has 0 bridgehead atoms. The van der Waals surface area contributed by atoms with Gasteiger partial charge in [0.25, 0.3) is 5.91 Å². The lowest BCUT2D eigenvalue weighted by molar-refractivity contribution is -0.116. The Kier molecular flexibility index (Phi) is 2.64. The highest BCUT2D eigenvalue weighted by Gasteiger charge is 2.21. The first-order valence-electron chi connectivity index (χ1n) is 5.39. The molecule has 0 saturated carbocycles. The van der Waals surface area contributed by atoms with E-state index in [4.69, 9.17) is 0 Å². The standard InChI is InChI=1S/C12H10N4OS/c17-11-10(15-12(18)16-11)4-7-1-2-9-8(3-7)5-13-6-14-9/h1-6,12,15,18H,(H,16,17)/b10-4-. The third-order valence-corrected chi connectivity index (χ3v) is 2.90. The van der Waals surface area contributed by atoms with Gasteiger partial charge < -0.3 is 10.6 Å². The molecule has 3 rings (SSSR count). The molecule has 90 valence electrons. The van der Waals surface area contributed by atoms with Gasteiger partial charge in [-0.05, 0) is 23.8 Å². The molecule has 2 heterocycles. The van der Waals surface area contributed by atoms with E-state index in [2.05, 4.69) is 33.2 Å². The number of nitrogens with one attached hydrogen (secondary N) is 2. The predicted molar refractivity (Wildman–Crippen MR) is 71.6 cm³/mol. The van der Waals surface area contributed by atoms with Crippen LogP contribution in [0.2, 0.25) is 0 Å². The summed E-state index contributed by atoms with van der Waals surface area (Å²) < 4.78 is 0. The molecule has 18 heavy (non-hydrogen) atoms. The first-order chi connectivity index (χ1) is 8.72. The maximum Gasteiger partial charge on any atom is 0.269 e. The average Bonchev–Trinajstić information content (AvgIpc) is 2.68. The van der Waals surface area contributed by atoms with E-state index in [1.165, 1.54) is 6.33 Å². The molecule has 1 aliphatic rings. The minimum atomic E-state index is -0.326. The Balaban J connectivity index is 2.00. The summed E-state index contributed by atoms with van der Waals surface area (Å²) in [5.41, 5.74) is 1.97. The first kappa shape index (κ1) is 11.0. The maximum absolute atomic E-state index is 11.5. The summed E-state index contributed by atoms with van der Waals surface area (Å²) in [6, 6.07) is 5.74. The minimum absolute atomic E-state index is 0.153. The highest BCUT2D eigenvalue weighted by molar-refractivity contribution is 7.80. The fraction of sp³-hybridized carbons (Fsp3) is 0.0833. The zero-order valence-corrected chi connectivity index (χ0v) is 10.2. The monoisotopic (exact) mass is 258 g/mol. The molecular weight excluding hydrogens is 248 g/mol.